The highest BCUT2D eigenvalue weighted by Gasteiger charge is 2.01. The average molecular weight is 246 g/mol. The van der Waals surface area contributed by atoms with Crippen LogP contribution in [0.4, 0.5) is 5.69 Å². The zero-order valence-corrected chi connectivity index (χ0v) is 10.2. The molecule has 0 unspecified atom stereocenters. The molecule has 0 atom stereocenters. The van der Waals surface area contributed by atoms with Gasteiger partial charge in [-0.15, -0.1) is 0 Å². The van der Waals surface area contributed by atoms with Gasteiger partial charge >= 0.3 is 0 Å². The molecule has 0 bridgehead atoms. The van der Waals surface area contributed by atoms with Gasteiger partial charge in [0.25, 0.3) is 0 Å². The van der Waals surface area contributed by atoms with Gasteiger partial charge in [-0.3, -0.25) is 0 Å². The summed E-state index contributed by atoms with van der Waals surface area (Å²) in [5.41, 5.74) is 2.51. The molecule has 86 valence electrons. The summed E-state index contributed by atoms with van der Waals surface area (Å²) in [5, 5.41) is 12.5. The molecule has 17 heavy (non-hydrogen) atoms. The van der Waals surface area contributed by atoms with Crippen molar-refractivity contribution in [3.8, 4) is 0 Å². The molecule has 3 heteroatoms. The molecule has 0 fully saturated rings. The van der Waals surface area contributed by atoms with Crippen molar-refractivity contribution in [2.24, 2.45) is 0 Å². The molecular weight excluding hydrogens is 234 g/mol. The van der Waals surface area contributed by atoms with Gasteiger partial charge in [0.15, 0.2) is 6.21 Å². The molecule has 0 radical (unpaired) electrons. The Hall–Kier alpha value is -1.80. The molecule has 2 aromatic rings. The predicted octanol–water partition coefficient (Wildman–Crippen LogP) is 3.91. The highest BCUT2D eigenvalue weighted by atomic mass is 35.5. The number of hydrogen-bond acceptors (Lipinski definition) is 1. The maximum Gasteiger partial charge on any atom is 0.216 e. The maximum atomic E-state index is 11.9. The van der Waals surface area contributed by atoms with E-state index < -0.39 is 0 Å². The highest BCUT2D eigenvalue weighted by molar-refractivity contribution is 6.30. The Morgan fingerprint density at radius 3 is 2.47 bits per heavy atom. The number of aryl methyl sites for hydroxylation is 1. The van der Waals surface area contributed by atoms with E-state index in [2.05, 4.69) is 0 Å². The number of nitrogens with zero attached hydrogens (tertiary/aromatic N) is 1. The number of rotatable bonds is 2. The second-order valence-corrected chi connectivity index (χ2v) is 4.28. The first kappa shape index (κ1) is 11.7. The smallest absolute Gasteiger partial charge is 0.216 e. The molecular formula is C14H12ClNO. The zero-order chi connectivity index (χ0) is 12.3. The summed E-state index contributed by atoms with van der Waals surface area (Å²) in [6.07, 6.45) is 1.53. The van der Waals surface area contributed by atoms with Gasteiger partial charge in [0.2, 0.25) is 5.69 Å². The van der Waals surface area contributed by atoms with Crippen LogP contribution in [0.1, 0.15) is 11.1 Å². The van der Waals surface area contributed by atoms with Crippen molar-refractivity contribution in [1.82, 2.24) is 0 Å². The first-order valence-corrected chi connectivity index (χ1v) is 5.66. The minimum Gasteiger partial charge on any atom is -0.618 e. The Labute approximate surface area is 105 Å². The van der Waals surface area contributed by atoms with Gasteiger partial charge in [0.1, 0.15) is 0 Å². The zero-order valence-electron chi connectivity index (χ0n) is 9.43. The molecule has 0 heterocycles. The fourth-order valence-electron chi connectivity index (χ4n) is 1.52. The second kappa shape index (κ2) is 5.02. The van der Waals surface area contributed by atoms with E-state index >= 15 is 0 Å². The lowest BCUT2D eigenvalue weighted by Crippen LogP contribution is -1.98. The minimum absolute atomic E-state index is 0.625. The summed E-state index contributed by atoms with van der Waals surface area (Å²) >= 11 is 5.78. The van der Waals surface area contributed by atoms with Crippen LogP contribution in [0.5, 0.6) is 0 Å². The molecule has 2 nitrogen and oxygen atoms in total. The normalized spacial score (nSPS) is 11.5. The van der Waals surface area contributed by atoms with E-state index in [0.29, 0.717) is 10.7 Å². The lowest BCUT2D eigenvalue weighted by atomic mass is 10.2. The van der Waals surface area contributed by atoms with Crippen LogP contribution in [-0.2, 0) is 0 Å². The van der Waals surface area contributed by atoms with Crippen LogP contribution in [0.25, 0.3) is 0 Å². The van der Waals surface area contributed by atoms with Crippen molar-refractivity contribution in [3.63, 3.8) is 0 Å². The van der Waals surface area contributed by atoms with Gasteiger partial charge in [-0.05, 0) is 36.8 Å². The standard InChI is InChI=1S/C14H12ClNO/c1-11-3-2-4-14(9-11)16(17)10-12-5-7-13(15)8-6-12/h2-10H,1H3. The van der Waals surface area contributed by atoms with Crippen molar-refractivity contribution < 1.29 is 4.74 Å². The van der Waals surface area contributed by atoms with Crippen LogP contribution in [0.15, 0.2) is 48.5 Å². The van der Waals surface area contributed by atoms with Crippen molar-refractivity contribution in [2.75, 3.05) is 0 Å². The molecule has 0 amide bonds. The van der Waals surface area contributed by atoms with E-state index in [1.807, 2.05) is 37.3 Å². The molecule has 0 N–H and O–H groups in total. The van der Waals surface area contributed by atoms with Crippen LogP contribution in [-0.4, -0.2) is 11.0 Å². The van der Waals surface area contributed by atoms with Crippen LogP contribution < -0.4 is 0 Å². The van der Waals surface area contributed by atoms with E-state index in [9.17, 15) is 5.21 Å². The second-order valence-electron chi connectivity index (χ2n) is 3.85. The average Bonchev–Trinajstić information content (AvgIpc) is 2.32. The summed E-state index contributed by atoms with van der Waals surface area (Å²) in [6.45, 7) is 1.96. The Morgan fingerprint density at radius 2 is 1.82 bits per heavy atom. The van der Waals surface area contributed by atoms with Crippen molar-refractivity contribution in [3.05, 3.63) is 69.9 Å². The summed E-state index contributed by atoms with van der Waals surface area (Å²) < 4.78 is 0.857. The van der Waals surface area contributed by atoms with E-state index in [0.717, 1.165) is 15.9 Å². The van der Waals surface area contributed by atoms with Crippen LogP contribution in [0, 0.1) is 12.1 Å². The quantitative estimate of drug-likeness (QED) is 0.341. The maximum absolute atomic E-state index is 11.9. The van der Waals surface area contributed by atoms with Gasteiger partial charge in [-0.25, -0.2) is 0 Å². The topological polar surface area (TPSA) is 26.1 Å². The first-order valence-electron chi connectivity index (χ1n) is 5.28. The van der Waals surface area contributed by atoms with Gasteiger partial charge in [-0.2, -0.15) is 4.74 Å². The Balaban J connectivity index is 2.30. The summed E-state index contributed by atoms with van der Waals surface area (Å²) in [6, 6.07) is 14.6. The molecule has 2 aromatic carbocycles. The Kier molecular flexibility index (Phi) is 3.45. The lowest BCUT2D eigenvalue weighted by molar-refractivity contribution is -0.354. The number of hydrogen-bond donors (Lipinski definition) is 0. The molecule has 0 saturated heterocycles. The van der Waals surface area contributed by atoms with E-state index in [1.165, 1.54) is 6.21 Å². The molecule has 0 aliphatic carbocycles. The summed E-state index contributed by atoms with van der Waals surface area (Å²) in [7, 11) is 0. The van der Waals surface area contributed by atoms with Crippen LogP contribution >= 0.6 is 11.6 Å². The van der Waals surface area contributed by atoms with Gasteiger partial charge in [0, 0.05) is 22.7 Å². The van der Waals surface area contributed by atoms with Crippen molar-refractivity contribution >= 4 is 23.5 Å². The molecule has 0 aromatic heterocycles. The molecule has 0 spiro atoms. The first-order chi connectivity index (χ1) is 8.15. The minimum atomic E-state index is 0.625. The number of halogens is 1. The SMILES string of the molecule is Cc1cccc([N+]([O-])=Cc2ccc(Cl)cc2)c1. The van der Waals surface area contributed by atoms with Crippen molar-refractivity contribution in [1.29, 1.82) is 0 Å². The third-order valence-electron chi connectivity index (χ3n) is 2.39. The third kappa shape index (κ3) is 3.08. The highest BCUT2D eigenvalue weighted by Crippen LogP contribution is 2.13. The summed E-state index contributed by atoms with van der Waals surface area (Å²) in [4.78, 5) is 0. The van der Waals surface area contributed by atoms with Gasteiger partial charge in [-0.1, -0.05) is 23.7 Å². The van der Waals surface area contributed by atoms with Crippen LogP contribution in [0.2, 0.25) is 5.02 Å². The molecule has 0 aliphatic rings. The van der Waals surface area contributed by atoms with E-state index in [4.69, 9.17) is 11.6 Å². The largest absolute Gasteiger partial charge is 0.618 e. The fourth-order valence-corrected chi connectivity index (χ4v) is 1.65. The van der Waals surface area contributed by atoms with Crippen molar-refractivity contribution in [2.45, 2.75) is 6.92 Å². The molecule has 0 aliphatic heterocycles. The van der Waals surface area contributed by atoms with E-state index in [-0.39, 0.29) is 0 Å². The van der Waals surface area contributed by atoms with E-state index in [1.54, 1.807) is 18.2 Å². The monoisotopic (exact) mass is 245 g/mol. The predicted molar refractivity (Wildman–Crippen MR) is 71.1 cm³/mol. The Morgan fingerprint density at radius 1 is 1.12 bits per heavy atom. The summed E-state index contributed by atoms with van der Waals surface area (Å²) in [5.74, 6) is 0. The van der Waals surface area contributed by atoms with Gasteiger partial charge in [0.05, 0.1) is 0 Å². The fraction of sp³-hybridized carbons (Fsp3) is 0.0714. The molecule has 2 rings (SSSR count). The van der Waals surface area contributed by atoms with Gasteiger partial charge < -0.3 is 5.21 Å². The molecule has 0 saturated carbocycles. The Bertz CT molecular complexity index is 546. The van der Waals surface area contributed by atoms with Crippen LogP contribution in [0.3, 0.4) is 0 Å². The third-order valence-corrected chi connectivity index (χ3v) is 2.64. The lowest BCUT2D eigenvalue weighted by Gasteiger charge is -2.03. The number of benzene rings is 2.